The molecule has 1 amide bonds. The van der Waals surface area contributed by atoms with E-state index in [-0.39, 0.29) is 11.7 Å². The van der Waals surface area contributed by atoms with Crippen molar-refractivity contribution in [1.82, 2.24) is 5.32 Å². The number of hydrogen-bond donors (Lipinski definition) is 2. The molecule has 0 heterocycles. The van der Waals surface area contributed by atoms with Gasteiger partial charge in [0.15, 0.2) is 0 Å². The maximum Gasteiger partial charge on any atom is 0.251 e. The van der Waals surface area contributed by atoms with Gasteiger partial charge in [-0.1, -0.05) is 13.0 Å². The second-order valence-electron chi connectivity index (χ2n) is 4.70. The molecule has 3 nitrogen and oxygen atoms in total. The summed E-state index contributed by atoms with van der Waals surface area (Å²) in [5.74, 6) is -0.132. The summed E-state index contributed by atoms with van der Waals surface area (Å²) >= 11 is 0. The standard InChI is InChI=1S/C14H21FN2O/c1-10(9-16)4-3-7-17-14(18)13-8-12(15)6-5-11(13)2/h5-6,8,10H,3-4,7,9,16H2,1-2H3,(H,17,18). The number of halogens is 1. The van der Waals surface area contributed by atoms with E-state index in [0.717, 1.165) is 18.4 Å². The first-order valence-electron chi connectivity index (χ1n) is 6.29. The molecule has 1 atom stereocenters. The third-order valence-electron chi connectivity index (χ3n) is 3.01. The fourth-order valence-corrected chi connectivity index (χ4v) is 1.70. The Kier molecular flexibility index (Phi) is 5.78. The summed E-state index contributed by atoms with van der Waals surface area (Å²) in [5, 5.41) is 2.80. The van der Waals surface area contributed by atoms with Gasteiger partial charge in [0.25, 0.3) is 5.91 Å². The molecule has 1 aromatic carbocycles. The highest BCUT2D eigenvalue weighted by atomic mass is 19.1. The number of rotatable bonds is 6. The lowest BCUT2D eigenvalue weighted by molar-refractivity contribution is 0.0951. The molecule has 0 saturated heterocycles. The molecule has 0 aromatic heterocycles. The van der Waals surface area contributed by atoms with Crippen LogP contribution < -0.4 is 11.1 Å². The van der Waals surface area contributed by atoms with Crippen LogP contribution in [0.25, 0.3) is 0 Å². The molecule has 1 aromatic rings. The first kappa shape index (κ1) is 14.6. The lowest BCUT2D eigenvalue weighted by Crippen LogP contribution is -2.26. The van der Waals surface area contributed by atoms with Gasteiger partial charge in [0, 0.05) is 12.1 Å². The van der Waals surface area contributed by atoms with Crippen LogP contribution in [0.5, 0.6) is 0 Å². The maximum absolute atomic E-state index is 13.1. The highest BCUT2D eigenvalue weighted by Gasteiger charge is 2.09. The van der Waals surface area contributed by atoms with Gasteiger partial charge < -0.3 is 11.1 Å². The van der Waals surface area contributed by atoms with Gasteiger partial charge in [0.05, 0.1) is 0 Å². The zero-order valence-electron chi connectivity index (χ0n) is 11.0. The SMILES string of the molecule is Cc1ccc(F)cc1C(=O)NCCCC(C)CN. The normalized spacial score (nSPS) is 12.2. The molecule has 0 aliphatic heterocycles. The molecular formula is C14H21FN2O. The molecule has 4 heteroatoms. The van der Waals surface area contributed by atoms with Crippen molar-refractivity contribution < 1.29 is 9.18 Å². The summed E-state index contributed by atoms with van der Waals surface area (Å²) in [7, 11) is 0. The minimum atomic E-state index is -0.387. The molecule has 0 spiro atoms. The molecule has 18 heavy (non-hydrogen) atoms. The smallest absolute Gasteiger partial charge is 0.251 e. The summed E-state index contributed by atoms with van der Waals surface area (Å²) < 4.78 is 13.1. The molecule has 0 aliphatic carbocycles. The highest BCUT2D eigenvalue weighted by Crippen LogP contribution is 2.10. The lowest BCUT2D eigenvalue weighted by Gasteiger charge is -2.10. The molecule has 0 bridgehead atoms. The highest BCUT2D eigenvalue weighted by molar-refractivity contribution is 5.95. The van der Waals surface area contributed by atoms with E-state index in [1.165, 1.54) is 12.1 Å². The van der Waals surface area contributed by atoms with Crippen LogP contribution in [0.2, 0.25) is 0 Å². The first-order chi connectivity index (χ1) is 8.54. The summed E-state index contributed by atoms with van der Waals surface area (Å²) in [6.07, 6.45) is 1.87. The third-order valence-corrected chi connectivity index (χ3v) is 3.01. The Bertz CT molecular complexity index is 407. The number of carbonyl (C=O) groups excluding carboxylic acids is 1. The van der Waals surface area contributed by atoms with Crippen molar-refractivity contribution in [3.8, 4) is 0 Å². The predicted octanol–water partition coefficient (Wildman–Crippen LogP) is 2.24. The number of nitrogens with two attached hydrogens (primary N) is 1. The molecule has 0 saturated carbocycles. The van der Waals surface area contributed by atoms with E-state index in [0.29, 0.717) is 24.6 Å². The molecule has 0 radical (unpaired) electrons. The van der Waals surface area contributed by atoms with Crippen LogP contribution in [0.4, 0.5) is 4.39 Å². The Morgan fingerprint density at radius 1 is 1.50 bits per heavy atom. The molecule has 0 fully saturated rings. The second-order valence-corrected chi connectivity index (χ2v) is 4.70. The van der Waals surface area contributed by atoms with E-state index in [2.05, 4.69) is 12.2 Å². The van der Waals surface area contributed by atoms with E-state index in [1.807, 2.05) is 0 Å². The van der Waals surface area contributed by atoms with Gasteiger partial charge in [-0.3, -0.25) is 4.79 Å². The molecule has 3 N–H and O–H groups in total. The Morgan fingerprint density at radius 3 is 2.89 bits per heavy atom. The van der Waals surface area contributed by atoms with Crippen LogP contribution in [0.1, 0.15) is 35.7 Å². The van der Waals surface area contributed by atoms with Crippen molar-refractivity contribution in [2.24, 2.45) is 11.7 Å². The lowest BCUT2D eigenvalue weighted by atomic mass is 10.1. The van der Waals surface area contributed by atoms with Crippen LogP contribution in [0.3, 0.4) is 0 Å². The van der Waals surface area contributed by atoms with Crippen LogP contribution in [0, 0.1) is 18.7 Å². The zero-order chi connectivity index (χ0) is 13.5. The van der Waals surface area contributed by atoms with Crippen molar-refractivity contribution in [3.63, 3.8) is 0 Å². The number of amides is 1. The molecule has 1 unspecified atom stereocenters. The zero-order valence-corrected chi connectivity index (χ0v) is 11.0. The number of nitrogens with one attached hydrogen (secondary N) is 1. The molecule has 1 rings (SSSR count). The number of benzene rings is 1. The van der Waals surface area contributed by atoms with Gasteiger partial charge in [-0.2, -0.15) is 0 Å². The number of aryl methyl sites for hydroxylation is 1. The molecular weight excluding hydrogens is 231 g/mol. The Balaban J connectivity index is 2.43. The fraction of sp³-hybridized carbons (Fsp3) is 0.500. The summed E-state index contributed by atoms with van der Waals surface area (Å²) in [4.78, 5) is 11.8. The van der Waals surface area contributed by atoms with Crippen molar-refractivity contribution in [2.45, 2.75) is 26.7 Å². The van der Waals surface area contributed by atoms with Crippen LogP contribution >= 0.6 is 0 Å². The predicted molar refractivity (Wildman–Crippen MR) is 70.9 cm³/mol. The fourth-order valence-electron chi connectivity index (χ4n) is 1.70. The summed E-state index contributed by atoms with van der Waals surface area (Å²) in [6.45, 7) is 5.14. The average Bonchev–Trinajstić information content (AvgIpc) is 2.36. The number of hydrogen-bond acceptors (Lipinski definition) is 2. The molecule has 100 valence electrons. The van der Waals surface area contributed by atoms with Crippen molar-refractivity contribution in [3.05, 3.63) is 35.1 Å². The summed E-state index contributed by atoms with van der Waals surface area (Å²) in [6, 6.07) is 4.24. The van der Waals surface area contributed by atoms with Crippen LogP contribution in [-0.2, 0) is 0 Å². The van der Waals surface area contributed by atoms with Crippen molar-refractivity contribution >= 4 is 5.91 Å². The Hall–Kier alpha value is -1.42. The van der Waals surface area contributed by atoms with E-state index >= 15 is 0 Å². The second kappa shape index (κ2) is 7.11. The average molecular weight is 252 g/mol. The van der Waals surface area contributed by atoms with Crippen LogP contribution in [-0.4, -0.2) is 19.0 Å². The van der Waals surface area contributed by atoms with E-state index in [9.17, 15) is 9.18 Å². The van der Waals surface area contributed by atoms with E-state index < -0.39 is 0 Å². The van der Waals surface area contributed by atoms with E-state index in [1.54, 1.807) is 13.0 Å². The van der Waals surface area contributed by atoms with Gasteiger partial charge in [0.2, 0.25) is 0 Å². The minimum Gasteiger partial charge on any atom is -0.352 e. The van der Waals surface area contributed by atoms with Gasteiger partial charge in [0.1, 0.15) is 5.82 Å². The maximum atomic E-state index is 13.1. The minimum absolute atomic E-state index is 0.215. The van der Waals surface area contributed by atoms with Gasteiger partial charge in [-0.05, 0) is 49.9 Å². The monoisotopic (exact) mass is 252 g/mol. The summed E-state index contributed by atoms with van der Waals surface area (Å²) in [5.41, 5.74) is 6.70. The Labute approximate surface area is 108 Å². The van der Waals surface area contributed by atoms with Crippen molar-refractivity contribution in [1.29, 1.82) is 0 Å². The van der Waals surface area contributed by atoms with Crippen LogP contribution in [0.15, 0.2) is 18.2 Å². The molecule has 0 aliphatic rings. The van der Waals surface area contributed by atoms with Gasteiger partial charge >= 0.3 is 0 Å². The number of carbonyl (C=O) groups is 1. The topological polar surface area (TPSA) is 55.1 Å². The van der Waals surface area contributed by atoms with Gasteiger partial charge in [-0.25, -0.2) is 4.39 Å². The van der Waals surface area contributed by atoms with Crippen molar-refractivity contribution in [2.75, 3.05) is 13.1 Å². The van der Waals surface area contributed by atoms with E-state index in [4.69, 9.17) is 5.73 Å². The quantitative estimate of drug-likeness (QED) is 0.763. The largest absolute Gasteiger partial charge is 0.352 e. The van der Waals surface area contributed by atoms with Gasteiger partial charge in [-0.15, -0.1) is 0 Å². The third kappa shape index (κ3) is 4.45. The first-order valence-corrected chi connectivity index (χ1v) is 6.29. The Morgan fingerprint density at radius 2 is 2.22 bits per heavy atom.